The van der Waals surface area contributed by atoms with Crippen molar-refractivity contribution in [3.05, 3.63) is 36.3 Å². The highest BCUT2D eigenvalue weighted by atomic mass is 16.6. The Morgan fingerprint density at radius 3 is 2.71 bits per heavy atom. The summed E-state index contributed by atoms with van der Waals surface area (Å²) in [5.41, 5.74) is 0.911. The van der Waals surface area contributed by atoms with Crippen molar-refractivity contribution >= 4 is 17.4 Å². The number of aromatic nitrogens is 2. The minimum Gasteiger partial charge on any atom is -0.486 e. The summed E-state index contributed by atoms with van der Waals surface area (Å²) >= 11 is 0. The Balaban J connectivity index is 1.33. The number of carbonyl (C=O) groups excluding carboxylic acids is 1. The average Bonchev–Trinajstić information content (AvgIpc) is 2.75. The molecule has 1 amide bonds. The Morgan fingerprint density at radius 2 is 1.86 bits per heavy atom. The zero-order valence-corrected chi connectivity index (χ0v) is 15.5. The third-order valence-electron chi connectivity index (χ3n) is 4.54. The van der Waals surface area contributed by atoms with Crippen molar-refractivity contribution in [2.75, 3.05) is 63.2 Å². The fourth-order valence-corrected chi connectivity index (χ4v) is 3.06. The Bertz CT molecular complexity index is 826. The highest BCUT2D eigenvalue weighted by molar-refractivity contribution is 6.03. The van der Waals surface area contributed by atoms with E-state index >= 15 is 0 Å². The Kier molecular flexibility index (Phi) is 5.83. The van der Waals surface area contributed by atoms with E-state index in [1.165, 1.54) is 6.33 Å². The summed E-state index contributed by atoms with van der Waals surface area (Å²) in [5, 5.41) is 6.07. The number of hydrogen-bond donors (Lipinski definition) is 2. The molecule has 0 saturated carbocycles. The number of nitrogens with one attached hydrogen (secondary N) is 2. The molecular weight excluding hydrogens is 362 g/mol. The van der Waals surface area contributed by atoms with Crippen LogP contribution in [0.25, 0.3) is 0 Å². The molecule has 148 valence electrons. The monoisotopic (exact) mass is 385 g/mol. The summed E-state index contributed by atoms with van der Waals surface area (Å²) in [7, 11) is 0. The molecule has 0 radical (unpaired) electrons. The van der Waals surface area contributed by atoms with Gasteiger partial charge in [-0.1, -0.05) is 0 Å². The Labute approximate surface area is 163 Å². The van der Waals surface area contributed by atoms with Gasteiger partial charge in [0, 0.05) is 44.0 Å². The predicted molar refractivity (Wildman–Crippen MR) is 103 cm³/mol. The maximum absolute atomic E-state index is 12.5. The molecule has 0 spiro atoms. The average molecular weight is 385 g/mol. The quantitative estimate of drug-likeness (QED) is 0.767. The molecule has 1 aromatic carbocycles. The SMILES string of the molecule is O=C(Nc1ccc2c(c1)OCCO2)c1cc(NCCN2CCOCC2)ncn1. The smallest absolute Gasteiger partial charge is 0.274 e. The van der Waals surface area contributed by atoms with Crippen LogP contribution in [0.15, 0.2) is 30.6 Å². The van der Waals surface area contributed by atoms with Crippen LogP contribution in [0.5, 0.6) is 11.5 Å². The lowest BCUT2D eigenvalue weighted by Gasteiger charge is -2.26. The lowest BCUT2D eigenvalue weighted by molar-refractivity contribution is 0.0398. The van der Waals surface area contributed by atoms with Gasteiger partial charge in [-0.15, -0.1) is 0 Å². The van der Waals surface area contributed by atoms with Crippen molar-refractivity contribution in [2.24, 2.45) is 0 Å². The van der Waals surface area contributed by atoms with Gasteiger partial charge in [-0.2, -0.15) is 0 Å². The summed E-state index contributed by atoms with van der Waals surface area (Å²) in [6, 6.07) is 6.94. The number of morpholine rings is 1. The van der Waals surface area contributed by atoms with Crippen molar-refractivity contribution in [3.8, 4) is 11.5 Å². The third-order valence-corrected chi connectivity index (χ3v) is 4.54. The van der Waals surface area contributed by atoms with E-state index in [1.54, 1.807) is 24.3 Å². The summed E-state index contributed by atoms with van der Waals surface area (Å²) in [6.07, 6.45) is 1.38. The molecular formula is C19H23N5O4. The molecule has 0 unspecified atom stereocenters. The standard InChI is InChI=1S/C19H23N5O4/c25-19(23-14-1-2-16-17(11-14)28-10-9-27-16)15-12-18(22-13-21-15)20-3-4-24-5-7-26-8-6-24/h1-2,11-13H,3-10H2,(H,23,25)(H,20,21,22). The molecule has 0 aliphatic carbocycles. The highest BCUT2D eigenvalue weighted by Gasteiger charge is 2.15. The summed E-state index contributed by atoms with van der Waals surface area (Å²) in [4.78, 5) is 23.1. The van der Waals surface area contributed by atoms with Gasteiger partial charge in [0.25, 0.3) is 5.91 Å². The zero-order chi connectivity index (χ0) is 19.2. The molecule has 28 heavy (non-hydrogen) atoms. The van der Waals surface area contributed by atoms with Crippen molar-refractivity contribution in [1.82, 2.24) is 14.9 Å². The van der Waals surface area contributed by atoms with E-state index in [1.807, 2.05) is 0 Å². The minimum absolute atomic E-state index is 0.291. The van der Waals surface area contributed by atoms with E-state index in [-0.39, 0.29) is 5.91 Å². The molecule has 2 aromatic rings. The fraction of sp³-hybridized carbons (Fsp3) is 0.421. The lowest BCUT2D eigenvalue weighted by Crippen LogP contribution is -2.39. The van der Waals surface area contributed by atoms with E-state index < -0.39 is 0 Å². The van der Waals surface area contributed by atoms with Gasteiger partial charge in [0.15, 0.2) is 11.5 Å². The topological polar surface area (TPSA) is 97.8 Å². The molecule has 3 heterocycles. The first-order chi connectivity index (χ1) is 13.8. The summed E-state index contributed by atoms with van der Waals surface area (Å²) in [6.45, 7) is 6.09. The second-order valence-electron chi connectivity index (χ2n) is 6.48. The molecule has 1 fully saturated rings. The van der Waals surface area contributed by atoms with Crippen molar-refractivity contribution in [3.63, 3.8) is 0 Å². The number of anilines is 2. The van der Waals surface area contributed by atoms with Gasteiger partial charge < -0.3 is 24.8 Å². The van der Waals surface area contributed by atoms with Gasteiger partial charge in [-0.3, -0.25) is 9.69 Å². The second kappa shape index (κ2) is 8.85. The number of nitrogens with zero attached hydrogens (tertiary/aromatic N) is 3. The molecule has 9 heteroatoms. The van der Waals surface area contributed by atoms with Crippen LogP contribution in [0.3, 0.4) is 0 Å². The minimum atomic E-state index is -0.310. The highest BCUT2D eigenvalue weighted by Crippen LogP contribution is 2.32. The number of ether oxygens (including phenoxy) is 3. The molecule has 9 nitrogen and oxygen atoms in total. The number of hydrogen-bond acceptors (Lipinski definition) is 8. The van der Waals surface area contributed by atoms with Crippen LogP contribution in [-0.2, 0) is 4.74 Å². The molecule has 4 rings (SSSR count). The van der Waals surface area contributed by atoms with Crippen LogP contribution in [-0.4, -0.2) is 73.4 Å². The van der Waals surface area contributed by atoms with Crippen molar-refractivity contribution in [1.29, 1.82) is 0 Å². The van der Waals surface area contributed by atoms with Crippen LogP contribution in [0.1, 0.15) is 10.5 Å². The van der Waals surface area contributed by atoms with Crippen LogP contribution in [0, 0.1) is 0 Å². The maximum atomic E-state index is 12.5. The molecule has 2 N–H and O–H groups in total. The first-order valence-electron chi connectivity index (χ1n) is 9.35. The van der Waals surface area contributed by atoms with Gasteiger partial charge in [0.05, 0.1) is 13.2 Å². The summed E-state index contributed by atoms with van der Waals surface area (Å²) in [5.74, 6) is 1.61. The number of carbonyl (C=O) groups is 1. The van der Waals surface area contributed by atoms with E-state index in [9.17, 15) is 4.79 Å². The fourth-order valence-electron chi connectivity index (χ4n) is 3.06. The predicted octanol–water partition coefficient (Wildman–Crippen LogP) is 1.24. The molecule has 1 aromatic heterocycles. The van der Waals surface area contributed by atoms with E-state index in [4.69, 9.17) is 14.2 Å². The van der Waals surface area contributed by atoms with Gasteiger partial charge >= 0.3 is 0 Å². The van der Waals surface area contributed by atoms with Crippen LogP contribution < -0.4 is 20.1 Å². The molecule has 0 bridgehead atoms. The first kappa shape index (κ1) is 18.5. The number of benzene rings is 1. The third kappa shape index (κ3) is 4.68. The van der Waals surface area contributed by atoms with Gasteiger partial charge in [-0.05, 0) is 12.1 Å². The van der Waals surface area contributed by atoms with E-state index in [2.05, 4.69) is 25.5 Å². The molecule has 1 saturated heterocycles. The Morgan fingerprint density at radius 1 is 1.04 bits per heavy atom. The summed E-state index contributed by atoms with van der Waals surface area (Å²) < 4.78 is 16.4. The molecule has 2 aliphatic heterocycles. The number of rotatable bonds is 6. The van der Waals surface area contributed by atoms with Gasteiger partial charge in [0.2, 0.25) is 0 Å². The molecule has 0 atom stereocenters. The van der Waals surface area contributed by atoms with E-state index in [0.717, 1.165) is 39.4 Å². The Hall–Kier alpha value is -2.91. The normalized spacial score (nSPS) is 16.4. The van der Waals surface area contributed by atoms with Crippen LogP contribution >= 0.6 is 0 Å². The first-order valence-corrected chi connectivity index (χ1v) is 9.35. The van der Waals surface area contributed by atoms with Crippen molar-refractivity contribution in [2.45, 2.75) is 0 Å². The van der Waals surface area contributed by atoms with Crippen LogP contribution in [0.4, 0.5) is 11.5 Å². The maximum Gasteiger partial charge on any atom is 0.274 e. The number of fused-ring (bicyclic) bond motifs is 1. The zero-order valence-electron chi connectivity index (χ0n) is 15.5. The lowest BCUT2D eigenvalue weighted by atomic mass is 10.2. The van der Waals surface area contributed by atoms with Crippen molar-refractivity contribution < 1.29 is 19.0 Å². The van der Waals surface area contributed by atoms with Crippen LogP contribution in [0.2, 0.25) is 0 Å². The van der Waals surface area contributed by atoms with E-state index in [0.29, 0.717) is 41.9 Å². The largest absolute Gasteiger partial charge is 0.486 e. The number of amides is 1. The van der Waals surface area contributed by atoms with Gasteiger partial charge in [-0.25, -0.2) is 9.97 Å². The van der Waals surface area contributed by atoms with Gasteiger partial charge in [0.1, 0.15) is 31.1 Å². The second-order valence-corrected chi connectivity index (χ2v) is 6.48. The molecule has 2 aliphatic rings.